The van der Waals surface area contributed by atoms with E-state index in [-0.39, 0.29) is 18.8 Å². The molecule has 2 aliphatic heterocycles. The Morgan fingerprint density at radius 2 is 1.87 bits per heavy atom. The third-order valence-corrected chi connectivity index (χ3v) is 10.4. The van der Waals surface area contributed by atoms with E-state index in [1.807, 2.05) is 18.2 Å². The van der Waals surface area contributed by atoms with Crippen LogP contribution >= 0.6 is 11.6 Å². The fraction of sp³-hybridized carbons (Fsp3) is 0.519. The van der Waals surface area contributed by atoms with Crippen LogP contribution in [0.2, 0.25) is 5.02 Å². The Bertz CT molecular complexity index is 1570. The van der Waals surface area contributed by atoms with E-state index in [1.54, 1.807) is 12.3 Å². The topological polar surface area (TPSA) is 86.8 Å². The lowest BCUT2D eigenvalue weighted by molar-refractivity contribution is -0.220. The van der Waals surface area contributed by atoms with Gasteiger partial charge in [-0.15, -0.1) is 10.2 Å². The van der Waals surface area contributed by atoms with Crippen molar-refractivity contribution in [2.45, 2.75) is 62.8 Å². The van der Waals surface area contributed by atoms with Crippen LogP contribution in [0.5, 0.6) is 0 Å². The van der Waals surface area contributed by atoms with Crippen LogP contribution in [0.3, 0.4) is 0 Å². The summed E-state index contributed by atoms with van der Waals surface area (Å²) < 4.78 is 43.6. The first-order valence-electron chi connectivity index (χ1n) is 13.2. The summed E-state index contributed by atoms with van der Waals surface area (Å²) in [7, 11) is 0. The number of alkyl halides is 3. The Hall–Kier alpha value is -3.23. The monoisotopic (exact) mass is 552 g/mol. The minimum absolute atomic E-state index is 0.146. The lowest BCUT2D eigenvalue weighted by Crippen LogP contribution is -2.51. The van der Waals surface area contributed by atoms with E-state index in [4.69, 9.17) is 11.6 Å². The highest BCUT2D eigenvalue weighted by atomic mass is 35.5. The number of rotatable bonds is 3. The van der Waals surface area contributed by atoms with Gasteiger partial charge in [0.15, 0.2) is 5.82 Å². The predicted molar refractivity (Wildman–Crippen MR) is 134 cm³/mol. The molecular formula is C27H24ClF3N8. The second-order valence-corrected chi connectivity index (χ2v) is 12.2. The van der Waals surface area contributed by atoms with Crippen molar-refractivity contribution < 1.29 is 13.2 Å². The fourth-order valence-electron chi connectivity index (χ4n) is 8.12. The number of fused-ring (bicyclic) bond motifs is 3. The number of nitrogens with zero attached hydrogens (tertiary/aromatic N) is 8. The first-order chi connectivity index (χ1) is 18.7. The number of aromatic nitrogens is 5. The SMILES string of the molecule is N#Cc1ccnc(N2CCC(c3nnc4n3-c3ccc(Cl)cc3CN(C35CC6(C(F)(F)F)CC36C5)C4)CC2)n1. The summed E-state index contributed by atoms with van der Waals surface area (Å²) in [4.78, 5) is 13.0. The number of anilines is 1. The highest BCUT2D eigenvalue weighted by Gasteiger charge is 3.03. The maximum atomic E-state index is 13.8. The smallest absolute Gasteiger partial charge is 0.341 e. The van der Waals surface area contributed by atoms with Crippen LogP contribution < -0.4 is 4.90 Å². The molecule has 1 aromatic carbocycles. The third kappa shape index (κ3) is 2.99. The summed E-state index contributed by atoms with van der Waals surface area (Å²) in [6, 6.07) is 9.41. The highest BCUT2D eigenvalue weighted by Crippen LogP contribution is 3.00. The first-order valence-corrected chi connectivity index (χ1v) is 13.6. The minimum Gasteiger partial charge on any atom is -0.341 e. The zero-order valence-electron chi connectivity index (χ0n) is 20.9. The van der Waals surface area contributed by atoms with Crippen LogP contribution in [-0.2, 0) is 13.1 Å². The summed E-state index contributed by atoms with van der Waals surface area (Å²) in [5.41, 5.74) is -0.228. The van der Waals surface area contributed by atoms with Gasteiger partial charge in [-0.05, 0) is 61.9 Å². The second-order valence-electron chi connectivity index (χ2n) is 11.8. The molecule has 1 spiro atoms. The van der Waals surface area contributed by atoms with E-state index < -0.39 is 22.5 Å². The van der Waals surface area contributed by atoms with Crippen molar-refractivity contribution in [3.63, 3.8) is 0 Å². The molecule has 3 atom stereocenters. The highest BCUT2D eigenvalue weighted by molar-refractivity contribution is 6.30. The number of benzene rings is 1. The molecule has 3 aromatic rings. The van der Waals surface area contributed by atoms with Crippen LogP contribution in [0.15, 0.2) is 30.5 Å². The molecule has 3 unspecified atom stereocenters. The molecule has 4 fully saturated rings. The van der Waals surface area contributed by atoms with E-state index in [0.29, 0.717) is 49.3 Å². The van der Waals surface area contributed by atoms with Gasteiger partial charge >= 0.3 is 6.18 Å². The standard InChI is InChI=1S/C27H24ClF3N8/c28-18-1-2-20-17(9-18)11-38(26-14-24(26)13-25(24,15-26)27(29,30)31)12-21-35-36-22(39(20)21)16-4-7-37(8-5-16)23-33-6-3-19(10-32)34-23/h1-3,6,9,16H,4-5,7-8,11-15H2. The third-order valence-electron chi connectivity index (χ3n) is 10.1. The van der Waals surface area contributed by atoms with Gasteiger partial charge < -0.3 is 4.90 Å². The zero-order valence-corrected chi connectivity index (χ0v) is 21.7. The molecule has 3 saturated carbocycles. The Labute approximate surface area is 227 Å². The lowest BCUT2D eigenvalue weighted by atomic mass is 9.78. The normalized spacial score (nSPS) is 31.2. The van der Waals surface area contributed by atoms with Crippen LogP contribution in [0.4, 0.5) is 19.1 Å². The van der Waals surface area contributed by atoms with Gasteiger partial charge in [-0.1, -0.05) is 11.6 Å². The molecule has 39 heavy (non-hydrogen) atoms. The summed E-state index contributed by atoms with van der Waals surface area (Å²) in [5, 5.41) is 19.0. The Kier molecular flexibility index (Phi) is 4.54. The van der Waals surface area contributed by atoms with E-state index in [1.165, 1.54) is 0 Å². The van der Waals surface area contributed by atoms with Crippen molar-refractivity contribution >= 4 is 17.5 Å². The molecule has 0 N–H and O–H groups in total. The van der Waals surface area contributed by atoms with E-state index >= 15 is 0 Å². The van der Waals surface area contributed by atoms with Crippen molar-refractivity contribution in [3.8, 4) is 11.8 Å². The molecule has 1 saturated heterocycles. The Morgan fingerprint density at radius 1 is 1.05 bits per heavy atom. The largest absolute Gasteiger partial charge is 0.395 e. The average molecular weight is 553 g/mol. The van der Waals surface area contributed by atoms with Gasteiger partial charge in [-0.2, -0.15) is 18.4 Å². The minimum atomic E-state index is -4.14. The molecule has 0 bridgehead atoms. The number of piperidine rings is 1. The van der Waals surface area contributed by atoms with E-state index in [2.05, 4.69) is 40.6 Å². The van der Waals surface area contributed by atoms with Gasteiger partial charge in [-0.3, -0.25) is 9.47 Å². The zero-order chi connectivity index (χ0) is 26.8. The molecule has 200 valence electrons. The molecule has 3 aliphatic carbocycles. The van der Waals surface area contributed by atoms with Crippen molar-refractivity contribution in [2.24, 2.45) is 10.8 Å². The number of hydrogen-bond donors (Lipinski definition) is 0. The predicted octanol–water partition coefficient (Wildman–Crippen LogP) is 4.77. The van der Waals surface area contributed by atoms with Gasteiger partial charge in [-0.25, -0.2) is 9.97 Å². The summed E-state index contributed by atoms with van der Waals surface area (Å²) >= 11 is 6.41. The van der Waals surface area contributed by atoms with Crippen molar-refractivity contribution in [3.05, 3.63) is 58.4 Å². The summed E-state index contributed by atoms with van der Waals surface area (Å²) in [5.74, 6) is 2.33. The lowest BCUT2D eigenvalue weighted by Gasteiger charge is -2.42. The average Bonchev–Trinajstić information content (AvgIpc) is 3.61. The molecule has 8 nitrogen and oxygen atoms in total. The van der Waals surface area contributed by atoms with E-state index in [9.17, 15) is 18.4 Å². The van der Waals surface area contributed by atoms with Gasteiger partial charge in [0.05, 0.1) is 17.6 Å². The molecule has 2 aromatic heterocycles. The molecular weight excluding hydrogens is 529 g/mol. The van der Waals surface area contributed by atoms with Gasteiger partial charge in [0.2, 0.25) is 5.95 Å². The van der Waals surface area contributed by atoms with Gasteiger partial charge in [0.25, 0.3) is 0 Å². The van der Waals surface area contributed by atoms with Crippen LogP contribution in [-0.4, -0.2) is 54.4 Å². The number of halogens is 4. The number of nitriles is 1. The van der Waals surface area contributed by atoms with Crippen LogP contribution in [0.1, 0.15) is 60.9 Å². The molecule has 4 heterocycles. The maximum Gasteiger partial charge on any atom is 0.395 e. The fourth-order valence-corrected chi connectivity index (χ4v) is 8.31. The summed E-state index contributed by atoms with van der Waals surface area (Å²) in [6.07, 6.45) is 0.115. The summed E-state index contributed by atoms with van der Waals surface area (Å²) in [6.45, 7) is 2.43. The number of hydrogen-bond acceptors (Lipinski definition) is 7. The molecule has 12 heteroatoms. The van der Waals surface area contributed by atoms with Crippen molar-refractivity contribution in [2.75, 3.05) is 18.0 Å². The molecule has 8 rings (SSSR count). The molecule has 0 amide bonds. The maximum absolute atomic E-state index is 13.8. The first kappa shape index (κ1) is 23.6. The molecule has 5 aliphatic rings. The van der Waals surface area contributed by atoms with E-state index in [0.717, 1.165) is 35.7 Å². The Balaban J connectivity index is 1.09. The van der Waals surface area contributed by atoms with Gasteiger partial charge in [0, 0.05) is 47.7 Å². The Morgan fingerprint density at radius 3 is 2.59 bits per heavy atom. The van der Waals surface area contributed by atoms with Crippen LogP contribution in [0, 0.1) is 22.2 Å². The quantitative estimate of drug-likeness (QED) is 0.463. The molecule has 0 radical (unpaired) electrons. The van der Waals surface area contributed by atoms with Crippen molar-refractivity contribution in [1.29, 1.82) is 5.26 Å². The van der Waals surface area contributed by atoms with Gasteiger partial charge in [0.1, 0.15) is 17.6 Å². The van der Waals surface area contributed by atoms with Crippen LogP contribution in [0.25, 0.3) is 5.69 Å². The second kappa shape index (κ2) is 7.49. The van der Waals surface area contributed by atoms with Crippen molar-refractivity contribution in [1.82, 2.24) is 29.6 Å².